The molecule has 20 heavy (non-hydrogen) atoms. The van der Waals surface area contributed by atoms with Crippen molar-refractivity contribution in [3.8, 4) is 0 Å². The van der Waals surface area contributed by atoms with Crippen molar-refractivity contribution in [3.63, 3.8) is 0 Å². The first-order chi connectivity index (χ1) is 9.19. The smallest absolute Gasteiger partial charge is 0.329 e. The van der Waals surface area contributed by atoms with Crippen LogP contribution in [-0.2, 0) is 20.9 Å². The van der Waals surface area contributed by atoms with E-state index in [4.69, 9.17) is 5.11 Å². The Labute approximate surface area is 117 Å². The third kappa shape index (κ3) is 4.27. The van der Waals surface area contributed by atoms with Crippen LogP contribution in [0.2, 0.25) is 0 Å². The molecule has 0 atom stereocenters. The number of carbonyl (C=O) groups is 1. The molecule has 1 aromatic carbocycles. The van der Waals surface area contributed by atoms with Crippen molar-refractivity contribution in [2.45, 2.75) is 38.5 Å². The summed E-state index contributed by atoms with van der Waals surface area (Å²) >= 11 is 0. The summed E-state index contributed by atoms with van der Waals surface area (Å²) in [5, 5.41) is 8.36. The molecule has 1 N–H and O–H groups in total. The van der Waals surface area contributed by atoms with Gasteiger partial charge in [0.2, 0.25) is 0 Å². The average molecular weight is 286 g/mol. The molecule has 0 radical (unpaired) electrons. The highest BCUT2D eigenvalue weighted by molar-refractivity contribution is 5.68. The summed E-state index contributed by atoms with van der Waals surface area (Å²) in [5.74, 6) is -4.45. The minimum Gasteiger partial charge on any atom is -0.480 e. The highest BCUT2D eigenvalue weighted by atomic mass is 19.3. The van der Waals surface area contributed by atoms with E-state index in [9.17, 15) is 13.6 Å². The van der Waals surface area contributed by atoms with E-state index >= 15 is 0 Å². The lowest BCUT2D eigenvalue weighted by molar-refractivity contribution is -0.147. The van der Waals surface area contributed by atoms with Crippen LogP contribution in [0.25, 0.3) is 0 Å². The van der Waals surface area contributed by atoms with Gasteiger partial charge in [-0.05, 0) is 17.4 Å². The molecule has 0 aliphatic rings. The standard InChI is InChI=1S/C15H20F2O3/c1-4-14(2,3)11-5-7-12(8-6-11)15(16,17)10-20-9-13(18)19/h5-8H,4,9-10H2,1-3H3,(H,18,19). The van der Waals surface area contributed by atoms with Crippen molar-refractivity contribution in [3.05, 3.63) is 35.4 Å². The number of carboxylic acids is 1. The lowest BCUT2D eigenvalue weighted by atomic mass is 9.82. The van der Waals surface area contributed by atoms with Gasteiger partial charge in [-0.3, -0.25) is 0 Å². The zero-order valence-electron chi connectivity index (χ0n) is 12.0. The van der Waals surface area contributed by atoms with Gasteiger partial charge in [0.25, 0.3) is 5.92 Å². The maximum absolute atomic E-state index is 13.8. The number of benzene rings is 1. The summed E-state index contributed by atoms with van der Waals surface area (Å²) in [6, 6.07) is 6.11. The average Bonchev–Trinajstić information content (AvgIpc) is 2.38. The fourth-order valence-corrected chi connectivity index (χ4v) is 1.72. The van der Waals surface area contributed by atoms with Crippen LogP contribution < -0.4 is 0 Å². The fourth-order valence-electron chi connectivity index (χ4n) is 1.72. The Balaban J connectivity index is 2.78. The lowest BCUT2D eigenvalue weighted by Gasteiger charge is -2.24. The van der Waals surface area contributed by atoms with E-state index < -0.39 is 25.1 Å². The van der Waals surface area contributed by atoms with Gasteiger partial charge in [0, 0.05) is 5.56 Å². The van der Waals surface area contributed by atoms with Crippen LogP contribution in [0.4, 0.5) is 8.78 Å². The summed E-state index contributed by atoms with van der Waals surface area (Å²) in [5.41, 5.74) is 0.762. The Morgan fingerprint density at radius 2 is 1.70 bits per heavy atom. The number of carboxylic acid groups (broad SMARTS) is 1. The molecule has 0 aliphatic carbocycles. The maximum Gasteiger partial charge on any atom is 0.329 e. The summed E-state index contributed by atoms with van der Waals surface area (Å²) in [7, 11) is 0. The molecule has 0 fully saturated rings. The second-order valence-electron chi connectivity index (χ2n) is 5.41. The molecule has 3 nitrogen and oxygen atoms in total. The van der Waals surface area contributed by atoms with E-state index in [1.165, 1.54) is 12.1 Å². The van der Waals surface area contributed by atoms with Gasteiger partial charge < -0.3 is 9.84 Å². The summed E-state index contributed by atoms with van der Waals surface area (Å²) in [6.45, 7) is 4.49. The molecule has 0 unspecified atom stereocenters. The normalized spacial score (nSPS) is 12.4. The van der Waals surface area contributed by atoms with Crippen LogP contribution in [0.15, 0.2) is 24.3 Å². The van der Waals surface area contributed by atoms with Crippen LogP contribution in [0.5, 0.6) is 0 Å². The molecule has 112 valence electrons. The van der Waals surface area contributed by atoms with Gasteiger partial charge in [-0.1, -0.05) is 45.0 Å². The lowest BCUT2D eigenvalue weighted by Crippen LogP contribution is -2.23. The first-order valence-corrected chi connectivity index (χ1v) is 6.47. The highest BCUT2D eigenvalue weighted by Gasteiger charge is 2.32. The van der Waals surface area contributed by atoms with E-state index in [0.717, 1.165) is 12.0 Å². The van der Waals surface area contributed by atoms with Crippen LogP contribution in [0.3, 0.4) is 0 Å². The zero-order chi connectivity index (χ0) is 15.4. The molecule has 1 aromatic rings. The van der Waals surface area contributed by atoms with Crippen LogP contribution in [0, 0.1) is 0 Å². The third-order valence-corrected chi connectivity index (χ3v) is 3.48. The molecule has 0 aromatic heterocycles. The number of alkyl halides is 2. The van der Waals surface area contributed by atoms with E-state index in [1.54, 1.807) is 12.1 Å². The topological polar surface area (TPSA) is 46.5 Å². The van der Waals surface area contributed by atoms with Gasteiger partial charge in [0.05, 0.1) is 0 Å². The SMILES string of the molecule is CCC(C)(C)c1ccc(C(F)(F)COCC(=O)O)cc1. The maximum atomic E-state index is 13.8. The summed E-state index contributed by atoms with van der Waals surface area (Å²) < 4.78 is 32.1. The first-order valence-electron chi connectivity index (χ1n) is 6.47. The molecule has 0 spiro atoms. The Hall–Kier alpha value is -1.49. The Bertz CT molecular complexity index is 453. The summed E-state index contributed by atoms with van der Waals surface area (Å²) in [6.07, 6.45) is 0.907. The second kappa shape index (κ2) is 6.31. The van der Waals surface area contributed by atoms with E-state index in [0.29, 0.717) is 0 Å². The van der Waals surface area contributed by atoms with E-state index in [1.807, 2.05) is 6.92 Å². The number of ether oxygens (including phenoxy) is 1. The Morgan fingerprint density at radius 1 is 1.20 bits per heavy atom. The second-order valence-corrected chi connectivity index (χ2v) is 5.41. The molecular formula is C15H20F2O3. The number of halogens is 2. The number of aliphatic carboxylic acids is 1. The van der Waals surface area contributed by atoms with Crippen molar-refractivity contribution >= 4 is 5.97 Å². The van der Waals surface area contributed by atoms with Gasteiger partial charge in [-0.15, -0.1) is 0 Å². The van der Waals surface area contributed by atoms with Gasteiger partial charge in [-0.2, -0.15) is 8.78 Å². The predicted molar refractivity (Wildman–Crippen MR) is 72.1 cm³/mol. The molecule has 0 saturated heterocycles. The van der Waals surface area contributed by atoms with Crippen LogP contribution in [-0.4, -0.2) is 24.3 Å². The minimum absolute atomic E-state index is 0.0619. The van der Waals surface area contributed by atoms with Gasteiger partial charge in [0.1, 0.15) is 13.2 Å². The first kappa shape index (κ1) is 16.6. The highest BCUT2D eigenvalue weighted by Crippen LogP contribution is 2.32. The molecule has 0 heterocycles. The number of hydrogen-bond acceptors (Lipinski definition) is 2. The molecule has 0 aliphatic heterocycles. The van der Waals surface area contributed by atoms with E-state index in [2.05, 4.69) is 18.6 Å². The fraction of sp³-hybridized carbons (Fsp3) is 0.533. The zero-order valence-corrected chi connectivity index (χ0v) is 12.0. The van der Waals surface area contributed by atoms with Crippen LogP contribution >= 0.6 is 0 Å². The monoisotopic (exact) mass is 286 g/mol. The molecule has 0 amide bonds. The van der Waals surface area contributed by atoms with Gasteiger partial charge >= 0.3 is 5.97 Å². The largest absolute Gasteiger partial charge is 0.480 e. The van der Waals surface area contributed by atoms with Gasteiger partial charge in [0.15, 0.2) is 0 Å². The number of rotatable bonds is 7. The molecule has 1 rings (SSSR count). The molecule has 0 saturated carbocycles. The van der Waals surface area contributed by atoms with Crippen molar-refractivity contribution in [1.82, 2.24) is 0 Å². The van der Waals surface area contributed by atoms with Crippen molar-refractivity contribution in [1.29, 1.82) is 0 Å². The Morgan fingerprint density at radius 3 is 2.15 bits per heavy atom. The quantitative estimate of drug-likeness (QED) is 0.833. The van der Waals surface area contributed by atoms with Crippen molar-refractivity contribution in [2.75, 3.05) is 13.2 Å². The molecular weight excluding hydrogens is 266 g/mol. The predicted octanol–water partition coefficient (Wildman–Crippen LogP) is 3.57. The van der Waals surface area contributed by atoms with Crippen LogP contribution in [0.1, 0.15) is 38.3 Å². The number of hydrogen-bond donors (Lipinski definition) is 1. The molecule has 0 bridgehead atoms. The van der Waals surface area contributed by atoms with E-state index in [-0.39, 0.29) is 11.0 Å². The van der Waals surface area contributed by atoms with Gasteiger partial charge in [-0.25, -0.2) is 4.79 Å². The third-order valence-electron chi connectivity index (χ3n) is 3.48. The Kier molecular flexibility index (Phi) is 5.22. The van der Waals surface area contributed by atoms with Crippen molar-refractivity contribution in [2.24, 2.45) is 0 Å². The van der Waals surface area contributed by atoms with Crippen molar-refractivity contribution < 1.29 is 23.4 Å². The molecule has 5 heteroatoms. The summed E-state index contributed by atoms with van der Waals surface area (Å²) in [4.78, 5) is 10.2. The minimum atomic E-state index is -3.19.